The zero-order valence-corrected chi connectivity index (χ0v) is 7.62. The van der Waals surface area contributed by atoms with E-state index in [2.05, 4.69) is 0 Å². The molecule has 1 fully saturated rings. The first-order valence-corrected chi connectivity index (χ1v) is 4.21. The van der Waals surface area contributed by atoms with Gasteiger partial charge in [0.05, 0.1) is 26.3 Å². The molecule has 0 aliphatic carbocycles. The van der Waals surface area contributed by atoms with Gasteiger partial charge in [0.1, 0.15) is 12.2 Å². The molecule has 0 aromatic heterocycles. The summed E-state index contributed by atoms with van der Waals surface area (Å²) in [4.78, 5) is 26.4. The third-order valence-electron chi connectivity index (χ3n) is 1.59. The minimum atomic E-state index is -0.491. The van der Waals surface area contributed by atoms with Crippen LogP contribution in [0.5, 0.6) is 0 Å². The van der Waals surface area contributed by atoms with Gasteiger partial charge in [-0.2, -0.15) is 0 Å². The number of carbonyl (C=O) groups is 2. The fourth-order valence-electron chi connectivity index (χ4n) is 1.02. The molecule has 0 bridgehead atoms. The van der Waals surface area contributed by atoms with Crippen molar-refractivity contribution in [1.82, 2.24) is 5.06 Å². The van der Waals surface area contributed by atoms with Crippen LogP contribution in [0.2, 0.25) is 0 Å². The van der Waals surface area contributed by atoms with Crippen molar-refractivity contribution >= 4 is 63.1 Å². The van der Waals surface area contributed by atoms with Crippen molar-refractivity contribution in [2.45, 2.75) is 13.3 Å². The third-order valence-corrected chi connectivity index (χ3v) is 1.59. The number of morpholine rings is 1. The Morgan fingerprint density at radius 2 is 1.93 bits per heavy atom. The van der Waals surface area contributed by atoms with E-state index in [-0.39, 0.29) is 63.6 Å². The molecule has 0 N–H and O–H groups in total. The number of hydrogen-bond acceptors (Lipinski definition) is 5. The summed E-state index contributed by atoms with van der Waals surface area (Å²) in [5.41, 5.74) is 0. The molecule has 76 valence electrons. The Morgan fingerprint density at radius 3 is 2.43 bits per heavy atom. The van der Waals surface area contributed by atoms with Crippen molar-refractivity contribution in [2.24, 2.45) is 0 Å². The summed E-state index contributed by atoms with van der Waals surface area (Å²) in [7, 11) is 0. The number of rotatable bonds is 3. The van der Waals surface area contributed by atoms with E-state index in [1.165, 1.54) is 12.0 Å². The van der Waals surface area contributed by atoms with Gasteiger partial charge >= 0.3 is 57.4 Å². The van der Waals surface area contributed by atoms with Gasteiger partial charge in [-0.3, -0.25) is 4.79 Å². The molecule has 0 aromatic rings. The quantitative estimate of drug-likeness (QED) is 0.462. The van der Waals surface area contributed by atoms with E-state index in [0.717, 1.165) is 0 Å². The van der Waals surface area contributed by atoms with Gasteiger partial charge in [-0.05, 0) is 6.92 Å². The Labute approximate surface area is 125 Å². The van der Waals surface area contributed by atoms with Gasteiger partial charge in [-0.25, -0.2) is 4.79 Å². The Kier molecular flexibility index (Phi) is 8.31. The molecule has 0 saturated carbocycles. The second kappa shape index (κ2) is 7.92. The van der Waals surface area contributed by atoms with Crippen molar-refractivity contribution in [1.29, 1.82) is 0 Å². The van der Waals surface area contributed by atoms with Gasteiger partial charge < -0.3 is 9.57 Å². The summed E-state index contributed by atoms with van der Waals surface area (Å²) in [6, 6.07) is 0. The maximum absolute atomic E-state index is 11.0. The Bertz CT molecular complexity index is 204. The van der Waals surface area contributed by atoms with E-state index in [1.54, 1.807) is 0 Å². The summed E-state index contributed by atoms with van der Waals surface area (Å²) < 4.78 is 5.06. The molecule has 0 atom stereocenters. The summed E-state index contributed by atoms with van der Waals surface area (Å²) in [6.45, 7) is 3.63. The zero-order valence-electron chi connectivity index (χ0n) is 7.62. The average molecular weight is 227 g/mol. The predicted molar refractivity (Wildman–Crippen MR) is 50.9 cm³/mol. The normalized spacial score (nSPS) is 16.9. The number of Topliss-reactive ketones (excluding diaryl/α,β-unsaturated/α-hetero) is 1. The van der Waals surface area contributed by atoms with Gasteiger partial charge in [-0.15, -0.1) is 5.06 Å². The molecule has 1 aliphatic heterocycles. The van der Waals surface area contributed by atoms with Crippen LogP contribution in [0.4, 0.5) is 0 Å². The van der Waals surface area contributed by atoms with E-state index in [4.69, 9.17) is 9.57 Å². The number of hydroxylamine groups is 2. The van der Waals surface area contributed by atoms with E-state index in [9.17, 15) is 9.59 Å². The van der Waals surface area contributed by atoms with Crippen LogP contribution in [0.1, 0.15) is 13.3 Å². The third kappa shape index (κ3) is 6.23. The summed E-state index contributed by atoms with van der Waals surface area (Å²) >= 11 is 0. The summed E-state index contributed by atoms with van der Waals surface area (Å²) in [6.07, 6.45) is -0.155. The van der Waals surface area contributed by atoms with Crippen LogP contribution in [0.15, 0.2) is 0 Å². The first kappa shape index (κ1) is 14.7. The fraction of sp³-hybridized carbons (Fsp3) is 0.750. The van der Waals surface area contributed by atoms with Crippen molar-refractivity contribution in [3.05, 3.63) is 0 Å². The van der Waals surface area contributed by atoms with Crippen LogP contribution in [-0.4, -0.2) is 94.5 Å². The van der Waals surface area contributed by atoms with Crippen LogP contribution >= 0.6 is 0 Å². The van der Waals surface area contributed by atoms with E-state index in [1.807, 2.05) is 0 Å². The molecular weight excluding hydrogens is 213 g/mol. The summed E-state index contributed by atoms with van der Waals surface area (Å²) in [5.74, 6) is -0.673. The van der Waals surface area contributed by atoms with Crippen LogP contribution in [-0.2, 0) is 19.2 Å². The molecule has 0 aromatic carbocycles. The fourth-order valence-corrected chi connectivity index (χ4v) is 1.02. The van der Waals surface area contributed by atoms with Crippen LogP contribution in [0, 0.1) is 0 Å². The van der Waals surface area contributed by atoms with Crippen LogP contribution in [0.3, 0.4) is 0 Å². The summed E-state index contributed by atoms with van der Waals surface area (Å²) in [5, 5.41) is 1.52. The first-order chi connectivity index (χ1) is 6.18. The predicted octanol–water partition coefficient (Wildman–Crippen LogP) is -0.893. The average Bonchev–Trinajstić information content (AvgIpc) is 2.04. The number of ether oxygens (including phenoxy) is 1. The van der Waals surface area contributed by atoms with Crippen LogP contribution in [0.25, 0.3) is 0 Å². The topological polar surface area (TPSA) is 55.8 Å². The molecule has 1 saturated heterocycles. The maximum atomic E-state index is 11.0. The van der Waals surface area contributed by atoms with E-state index in [0.29, 0.717) is 26.3 Å². The van der Waals surface area contributed by atoms with Gasteiger partial charge in [0.15, 0.2) is 0 Å². The molecule has 14 heavy (non-hydrogen) atoms. The molecule has 0 spiro atoms. The van der Waals surface area contributed by atoms with Gasteiger partial charge in [-0.1, -0.05) is 0 Å². The Morgan fingerprint density at radius 1 is 1.36 bits per heavy atom. The Balaban J connectivity index is 0.00000169. The van der Waals surface area contributed by atoms with E-state index < -0.39 is 5.97 Å². The number of ketones is 1. The molecule has 0 amide bonds. The minimum absolute atomic E-state index is 0. The van der Waals surface area contributed by atoms with Crippen molar-refractivity contribution in [3.63, 3.8) is 0 Å². The number of carbonyl (C=O) groups excluding carboxylic acids is 2. The molecule has 1 rings (SSSR count). The number of nitrogens with zero attached hydrogens (tertiary/aromatic N) is 1. The standard InChI is InChI=1S/C8H13NO4.K.H/c1-7(10)6-8(11)13-9-2-4-12-5-3-9;;/h2-6H2,1H3;;. The van der Waals surface area contributed by atoms with Gasteiger partial charge in [0.2, 0.25) is 0 Å². The molecule has 6 heteroatoms. The number of hydrogen-bond donors (Lipinski definition) is 0. The van der Waals surface area contributed by atoms with Crippen LogP contribution < -0.4 is 0 Å². The van der Waals surface area contributed by atoms with Crippen molar-refractivity contribution in [2.75, 3.05) is 26.3 Å². The molecule has 0 unspecified atom stereocenters. The monoisotopic (exact) mass is 227 g/mol. The first-order valence-electron chi connectivity index (χ1n) is 4.21. The second-order valence-electron chi connectivity index (χ2n) is 2.88. The second-order valence-corrected chi connectivity index (χ2v) is 2.88. The van der Waals surface area contributed by atoms with Crippen molar-refractivity contribution in [3.8, 4) is 0 Å². The van der Waals surface area contributed by atoms with Crippen molar-refractivity contribution < 1.29 is 19.2 Å². The van der Waals surface area contributed by atoms with E-state index >= 15 is 0 Å². The Hall–Kier alpha value is 0.696. The van der Waals surface area contributed by atoms with Gasteiger partial charge in [0.25, 0.3) is 0 Å². The molecule has 1 heterocycles. The molecular formula is C8H14KNO4. The SMILES string of the molecule is CC(=O)CC(=O)ON1CCOCC1.[KH]. The molecule has 5 nitrogen and oxygen atoms in total. The molecule has 1 aliphatic rings. The molecule has 0 radical (unpaired) electrons. The zero-order chi connectivity index (χ0) is 9.68. The van der Waals surface area contributed by atoms with Gasteiger partial charge in [0, 0.05) is 0 Å².